The Hall–Kier alpha value is -3.11. The zero-order valence-corrected chi connectivity index (χ0v) is 20.9. The summed E-state index contributed by atoms with van der Waals surface area (Å²) >= 11 is 0. The molecule has 2 aromatic rings. The average molecular weight is 502 g/mol. The quantitative estimate of drug-likeness (QED) is 0.574. The summed E-state index contributed by atoms with van der Waals surface area (Å²) in [5.74, 6) is 0.841. The summed E-state index contributed by atoms with van der Waals surface area (Å²) in [5.41, 5.74) is 1.52. The molecule has 2 atom stereocenters. The standard InChI is InChI=1S/C25H31N3O6S/c1-16(2)12-21(25(30)26-14-19-15-33-23-6-4-5-7-24(23)34-19)27-35(31,32)20-8-9-22-18(13-20)10-11-28(22)17(3)29/h4-9,13,16,19,21,27H,10-12,14-15H2,1-3H3,(H,26,30)/t19-,21-/m1/s1. The Balaban J connectivity index is 1.43. The second kappa shape index (κ2) is 10.2. The number of sulfonamides is 1. The van der Waals surface area contributed by atoms with Crippen molar-refractivity contribution in [3.63, 3.8) is 0 Å². The zero-order chi connectivity index (χ0) is 25.2. The first kappa shape index (κ1) is 25.0. The van der Waals surface area contributed by atoms with Crippen molar-refractivity contribution in [3.8, 4) is 11.5 Å². The number of benzene rings is 2. The summed E-state index contributed by atoms with van der Waals surface area (Å²) in [6.07, 6.45) is 0.533. The molecule has 0 saturated carbocycles. The first-order valence-corrected chi connectivity index (χ1v) is 13.2. The Morgan fingerprint density at radius 3 is 2.60 bits per heavy atom. The number of nitrogens with one attached hydrogen (secondary N) is 2. The van der Waals surface area contributed by atoms with Crippen LogP contribution in [0.15, 0.2) is 47.4 Å². The fourth-order valence-corrected chi connectivity index (χ4v) is 5.57. The summed E-state index contributed by atoms with van der Waals surface area (Å²) in [6, 6.07) is 11.1. The molecule has 188 valence electrons. The van der Waals surface area contributed by atoms with Gasteiger partial charge in [-0.05, 0) is 54.7 Å². The molecule has 0 spiro atoms. The fourth-order valence-electron chi connectivity index (χ4n) is 4.31. The number of fused-ring (bicyclic) bond motifs is 2. The van der Waals surface area contributed by atoms with Gasteiger partial charge in [-0.25, -0.2) is 8.42 Å². The lowest BCUT2D eigenvalue weighted by molar-refractivity contribution is -0.123. The van der Waals surface area contributed by atoms with Gasteiger partial charge in [0, 0.05) is 19.2 Å². The second-order valence-electron chi connectivity index (χ2n) is 9.26. The predicted molar refractivity (Wildman–Crippen MR) is 131 cm³/mol. The molecule has 9 nitrogen and oxygen atoms in total. The molecule has 2 aliphatic rings. The number of hydrogen-bond donors (Lipinski definition) is 2. The molecular formula is C25H31N3O6S. The highest BCUT2D eigenvalue weighted by Gasteiger charge is 2.30. The highest BCUT2D eigenvalue weighted by atomic mass is 32.2. The lowest BCUT2D eigenvalue weighted by atomic mass is 10.0. The van der Waals surface area contributed by atoms with E-state index >= 15 is 0 Å². The Labute approximate surface area is 205 Å². The maximum absolute atomic E-state index is 13.2. The van der Waals surface area contributed by atoms with Crippen molar-refractivity contribution in [2.75, 3.05) is 24.6 Å². The van der Waals surface area contributed by atoms with Gasteiger partial charge in [0.25, 0.3) is 0 Å². The van der Waals surface area contributed by atoms with Gasteiger partial charge >= 0.3 is 0 Å². The van der Waals surface area contributed by atoms with E-state index in [1.807, 2.05) is 32.0 Å². The summed E-state index contributed by atoms with van der Waals surface area (Å²) in [7, 11) is -3.96. The van der Waals surface area contributed by atoms with Crippen LogP contribution in [-0.2, 0) is 26.0 Å². The molecule has 2 N–H and O–H groups in total. The fraction of sp³-hybridized carbons (Fsp3) is 0.440. The molecule has 0 fully saturated rings. The van der Waals surface area contributed by atoms with Crippen LogP contribution in [0.2, 0.25) is 0 Å². The highest BCUT2D eigenvalue weighted by Crippen LogP contribution is 2.31. The smallest absolute Gasteiger partial charge is 0.241 e. The van der Waals surface area contributed by atoms with E-state index in [0.717, 1.165) is 11.3 Å². The molecule has 2 amide bonds. The number of carbonyl (C=O) groups excluding carboxylic acids is 2. The molecule has 0 bridgehead atoms. The molecule has 0 unspecified atom stereocenters. The zero-order valence-electron chi connectivity index (χ0n) is 20.1. The van der Waals surface area contributed by atoms with Crippen molar-refractivity contribution in [2.24, 2.45) is 5.92 Å². The van der Waals surface area contributed by atoms with E-state index in [9.17, 15) is 18.0 Å². The average Bonchev–Trinajstić information content (AvgIpc) is 3.25. The van der Waals surface area contributed by atoms with Crippen molar-refractivity contribution >= 4 is 27.5 Å². The van der Waals surface area contributed by atoms with Gasteiger partial charge in [-0.2, -0.15) is 4.72 Å². The molecule has 4 rings (SSSR count). The minimum absolute atomic E-state index is 0.0730. The molecule has 2 aliphatic heterocycles. The van der Waals surface area contributed by atoms with Crippen LogP contribution in [0, 0.1) is 5.92 Å². The van der Waals surface area contributed by atoms with E-state index in [2.05, 4.69) is 10.0 Å². The number of para-hydroxylation sites is 2. The number of nitrogens with zero attached hydrogens (tertiary/aromatic N) is 1. The van der Waals surface area contributed by atoms with Crippen molar-refractivity contribution < 1.29 is 27.5 Å². The molecule has 2 heterocycles. The SMILES string of the molecule is CC(=O)N1CCc2cc(S(=O)(=O)N[C@H](CC(C)C)C(=O)NC[C@@H]3COc4ccccc4O3)ccc21. The van der Waals surface area contributed by atoms with Crippen LogP contribution in [0.1, 0.15) is 32.8 Å². The molecule has 0 saturated heterocycles. The summed E-state index contributed by atoms with van der Waals surface area (Å²) in [5, 5.41) is 2.81. The van der Waals surface area contributed by atoms with Crippen LogP contribution in [0.25, 0.3) is 0 Å². The van der Waals surface area contributed by atoms with Crippen LogP contribution in [0.5, 0.6) is 11.5 Å². The van der Waals surface area contributed by atoms with Gasteiger partial charge in [-0.1, -0.05) is 26.0 Å². The summed E-state index contributed by atoms with van der Waals surface area (Å²) in [4.78, 5) is 26.5. The van der Waals surface area contributed by atoms with Gasteiger partial charge < -0.3 is 19.7 Å². The van der Waals surface area contributed by atoms with E-state index < -0.39 is 22.0 Å². The lowest BCUT2D eigenvalue weighted by Gasteiger charge is -2.27. The molecule has 0 aromatic heterocycles. The number of carbonyl (C=O) groups is 2. The van der Waals surface area contributed by atoms with E-state index in [1.54, 1.807) is 23.1 Å². The maximum Gasteiger partial charge on any atom is 0.241 e. The Morgan fingerprint density at radius 1 is 1.14 bits per heavy atom. The van der Waals surface area contributed by atoms with Crippen molar-refractivity contribution in [2.45, 2.75) is 50.7 Å². The van der Waals surface area contributed by atoms with Gasteiger partial charge in [-0.3, -0.25) is 9.59 Å². The van der Waals surface area contributed by atoms with Crippen LogP contribution in [0.3, 0.4) is 0 Å². The molecule has 0 radical (unpaired) electrons. The minimum atomic E-state index is -3.96. The molecule has 10 heteroatoms. The third kappa shape index (κ3) is 5.76. The van der Waals surface area contributed by atoms with Gasteiger partial charge in [0.1, 0.15) is 18.8 Å². The van der Waals surface area contributed by atoms with Crippen LogP contribution < -0.4 is 24.4 Å². The van der Waals surface area contributed by atoms with Crippen molar-refractivity contribution in [1.82, 2.24) is 10.0 Å². The van der Waals surface area contributed by atoms with Crippen molar-refractivity contribution in [3.05, 3.63) is 48.0 Å². The normalized spacial score (nSPS) is 17.7. The second-order valence-corrected chi connectivity index (χ2v) is 11.0. The van der Waals surface area contributed by atoms with Gasteiger partial charge in [0.15, 0.2) is 11.5 Å². The van der Waals surface area contributed by atoms with Gasteiger partial charge in [0.2, 0.25) is 21.8 Å². The van der Waals surface area contributed by atoms with E-state index in [4.69, 9.17) is 9.47 Å². The first-order valence-electron chi connectivity index (χ1n) is 11.7. The minimum Gasteiger partial charge on any atom is -0.486 e. The summed E-state index contributed by atoms with van der Waals surface area (Å²) in [6.45, 7) is 6.33. The molecule has 2 aromatic carbocycles. The van der Waals surface area contributed by atoms with Gasteiger partial charge in [0.05, 0.1) is 11.4 Å². The first-order chi connectivity index (χ1) is 16.6. The Bertz CT molecular complexity index is 1210. The summed E-state index contributed by atoms with van der Waals surface area (Å²) < 4.78 is 40.5. The topological polar surface area (TPSA) is 114 Å². The van der Waals surface area contributed by atoms with E-state index in [1.165, 1.54) is 13.0 Å². The number of amides is 2. The van der Waals surface area contributed by atoms with E-state index in [-0.39, 0.29) is 36.0 Å². The van der Waals surface area contributed by atoms with Crippen LogP contribution in [-0.4, -0.2) is 52.1 Å². The monoisotopic (exact) mass is 501 g/mol. The van der Waals surface area contributed by atoms with E-state index in [0.29, 0.717) is 30.9 Å². The number of ether oxygens (including phenoxy) is 2. The van der Waals surface area contributed by atoms with Crippen LogP contribution in [0.4, 0.5) is 5.69 Å². The predicted octanol–water partition coefficient (Wildman–Crippen LogP) is 2.24. The Morgan fingerprint density at radius 2 is 1.89 bits per heavy atom. The van der Waals surface area contributed by atoms with Crippen LogP contribution >= 0.6 is 0 Å². The number of rotatable bonds is 8. The maximum atomic E-state index is 13.2. The number of anilines is 1. The molecular weight excluding hydrogens is 470 g/mol. The number of hydrogen-bond acceptors (Lipinski definition) is 6. The third-order valence-corrected chi connectivity index (χ3v) is 7.50. The van der Waals surface area contributed by atoms with Crippen molar-refractivity contribution in [1.29, 1.82) is 0 Å². The highest BCUT2D eigenvalue weighted by molar-refractivity contribution is 7.89. The Kier molecular flexibility index (Phi) is 7.32. The third-order valence-electron chi connectivity index (χ3n) is 6.03. The largest absolute Gasteiger partial charge is 0.486 e. The van der Waals surface area contributed by atoms with Gasteiger partial charge in [-0.15, -0.1) is 0 Å². The molecule has 0 aliphatic carbocycles. The molecule has 35 heavy (non-hydrogen) atoms. The lowest BCUT2D eigenvalue weighted by Crippen LogP contribution is -2.50.